The number of rotatable bonds is 4. The second kappa shape index (κ2) is 5.54. The SMILES string of the molecule is OCC(CO)C(O)C1CCNCC1. The summed E-state index contributed by atoms with van der Waals surface area (Å²) in [6, 6.07) is 0. The molecule has 0 bridgehead atoms. The Labute approximate surface area is 78.6 Å². The van der Waals surface area contributed by atoms with Gasteiger partial charge in [-0.05, 0) is 31.8 Å². The van der Waals surface area contributed by atoms with Gasteiger partial charge in [-0.25, -0.2) is 0 Å². The van der Waals surface area contributed by atoms with Crippen molar-refractivity contribution in [2.24, 2.45) is 11.8 Å². The van der Waals surface area contributed by atoms with Gasteiger partial charge in [-0.1, -0.05) is 0 Å². The molecule has 0 saturated carbocycles. The molecule has 4 heteroatoms. The van der Waals surface area contributed by atoms with Gasteiger partial charge in [0.05, 0.1) is 19.3 Å². The molecule has 1 saturated heterocycles. The zero-order valence-corrected chi connectivity index (χ0v) is 7.82. The lowest BCUT2D eigenvalue weighted by atomic mass is 9.85. The lowest BCUT2D eigenvalue weighted by Crippen LogP contribution is -2.40. The van der Waals surface area contributed by atoms with Crippen LogP contribution in [-0.4, -0.2) is 47.7 Å². The maximum absolute atomic E-state index is 9.79. The summed E-state index contributed by atoms with van der Waals surface area (Å²) in [5, 5.41) is 30.8. The van der Waals surface area contributed by atoms with E-state index in [1.807, 2.05) is 0 Å². The van der Waals surface area contributed by atoms with E-state index in [4.69, 9.17) is 10.2 Å². The molecular formula is C9H19NO3. The minimum Gasteiger partial charge on any atom is -0.396 e. The van der Waals surface area contributed by atoms with E-state index in [1.54, 1.807) is 0 Å². The van der Waals surface area contributed by atoms with Crippen LogP contribution in [0.5, 0.6) is 0 Å². The van der Waals surface area contributed by atoms with Crippen molar-refractivity contribution in [1.82, 2.24) is 5.32 Å². The molecule has 1 aliphatic rings. The van der Waals surface area contributed by atoms with Crippen LogP contribution in [0.3, 0.4) is 0 Å². The fourth-order valence-electron chi connectivity index (χ4n) is 1.84. The molecular weight excluding hydrogens is 170 g/mol. The average Bonchev–Trinajstić information content (AvgIpc) is 2.21. The number of piperidine rings is 1. The Balaban J connectivity index is 2.38. The molecule has 4 N–H and O–H groups in total. The summed E-state index contributed by atoms with van der Waals surface area (Å²) in [5.41, 5.74) is 0. The third-order valence-electron chi connectivity index (χ3n) is 2.82. The zero-order valence-electron chi connectivity index (χ0n) is 7.82. The fraction of sp³-hybridized carbons (Fsp3) is 1.00. The number of hydrogen-bond donors (Lipinski definition) is 4. The van der Waals surface area contributed by atoms with Crippen LogP contribution in [0.1, 0.15) is 12.8 Å². The van der Waals surface area contributed by atoms with E-state index in [-0.39, 0.29) is 25.0 Å². The molecule has 1 unspecified atom stereocenters. The highest BCUT2D eigenvalue weighted by molar-refractivity contribution is 4.79. The quantitative estimate of drug-likeness (QED) is 0.455. The Morgan fingerprint density at radius 2 is 1.69 bits per heavy atom. The van der Waals surface area contributed by atoms with Crippen LogP contribution in [0.2, 0.25) is 0 Å². The molecule has 0 amide bonds. The highest BCUT2D eigenvalue weighted by Crippen LogP contribution is 2.21. The van der Waals surface area contributed by atoms with E-state index in [0.717, 1.165) is 25.9 Å². The van der Waals surface area contributed by atoms with Crippen molar-refractivity contribution < 1.29 is 15.3 Å². The Morgan fingerprint density at radius 1 is 1.15 bits per heavy atom. The molecule has 1 rings (SSSR count). The van der Waals surface area contributed by atoms with Gasteiger partial charge in [0, 0.05) is 5.92 Å². The Morgan fingerprint density at radius 3 is 2.15 bits per heavy atom. The summed E-state index contributed by atoms with van der Waals surface area (Å²) < 4.78 is 0. The topological polar surface area (TPSA) is 72.7 Å². The van der Waals surface area contributed by atoms with E-state index >= 15 is 0 Å². The molecule has 78 valence electrons. The van der Waals surface area contributed by atoms with Gasteiger partial charge in [-0.15, -0.1) is 0 Å². The minimum absolute atomic E-state index is 0.137. The highest BCUT2D eigenvalue weighted by atomic mass is 16.3. The molecule has 4 nitrogen and oxygen atoms in total. The number of aliphatic hydroxyl groups excluding tert-OH is 3. The molecule has 0 aliphatic carbocycles. The summed E-state index contributed by atoms with van der Waals surface area (Å²) in [5.74, 6) is -0.145. The van der Waals surface area contributed by atoms with E-state index in [9.17, 15) is 5.11 Å². The number of hydrogen-bond acceptors (Lipinski definition) is 4. The molecule has 1 heterocycles. The van der Waals surface area contributed by atoms with Gasteiger partial charge < -0.3 is 20.6 Å². The molecule has 1 fully saturated rings. The summed E-state index contributed by atoms with van der Waals surface area (Å²) in [7, 11) is 0. The van der Waals surface area contributed by atoms with Crippen LogP contribution in [0.25, 0.3) is 0 Å². The van der Waals surface area contributed by atoms with Gasteiger partial charge >= 0.3 is 0 Å². The van der Waals surface area contributed by atoms with Gasteiger partial charge in [-0.2, -0.15) is 0 Å². The molecule has 1 aliphatic heterocycles. The standard InChI is InChI=1S/C9H19NO3/c11-5-8(6-12)9(13)7-1-3-10-4-2-7/h7-13H,1-6H2. The van der Waals surface area contributed by atoms with Gasteiger partial charge in [0.1, 0.15) is 0 Å². The van der Waals surface area contributed by atoms with Crippen molar-refractivity contribution in [2.75, 3.05) is 26.3 Å². The van der Waals surface area contributed by atoms with Crippen LogP contribution >= 0.6 is 0 Å². The molecule has 0 aromatic rings. The van der Waals surface area contributed by atoms with Crippen LogP contribution in [0.4, 0.5) is 0 Å². The van der Waals surface area contributed by atoms with E-state index in [2.05, 4.69) is 5.32 Å². The summed E-state index contributed by atoms with van der Waals surface area (Å²) in [4.78, 5) is 0. The molecule has 0 aromatic carbocycles. The highest BCUT2D eigenvalue weighted by Gasteiger charge is 2.27. The van der Waals surface area contributed by atoms with Gasteiger partial charge in [-0.3, -0.25) is 0 Å². The van der Waals surface area contributed by atoms with Crippen LogP contribution in [-0.2, 0) is 0 Å². The second-order valence-electron chi connectivity index (χ2n) is 3.70. The fourth-order valence-corrected chi connectivity index (χ4v) is 1.84. The third kappa shape index (κ3) is 2.91. The van der Waals surface area contributed by atoms with E-state index < -0.39 is 6.10 Å². The normalized spacial score (nSPS) is 22.2. The number of nitrogens with one attached hydrogen (secondary N) is 1. The van der Waals surface area contributed by atoms with Crippen molar-refractivity contribution in [3.63, 3.8) is 0 Å². The zero-order chi connectivity index (χ0) is 9.68. The average molecular weight is 189 g/mol. The molecule has 0 spiro atoms. The molecule has 0 radical (unpaired) electrons. The van der Waals surface area contributed by atoms with Crippen LogP contribution in [0, 0.1) is 11.8 Å². The van der Waals surface area contributed by atoms with Crippen molar-refractivity contribution in [3.05, 3.63) is 0 Å². The van der Waals surface area contributed by atoms with Crippen LogP contribution < -0.4 is 5.32 Å². The summed E-state index contributed by atoms with van der Waals surface area (Å²) in [6.07, 6.45) is 1.30. The smallest absolute Gasteiger partial charge is 0.0641 e. The monoisotopic (exact) mass is 189 g/mol. The predicted molar refractivity (Wildman–Crippen MR) is 49.3 cm³/mol. The Hall–Kier alpha value is -0.160. The first kappa shape index (κ1) is 10.9. The van der Waals surface area contributed by atoms with Gasteiger partial charge in [0.2, 0.25) is 0 Å². The lowest BCUT2D eigenvalue weighted by Gasteiger charge is -2.30. The summed E-state index contributed by atoms with van der Waals surface area (Å²) >= 11 is 0. The minimum atomic E-state index is -0.558. The largest absolute Gasteiger partial charge is 0.396 e. The Bertz CT molecular complexity index is 133. The maximum Gasteiger partial charge on any atom is 0.0641 e. The third-order valence-corrected chi connectivity index (χ3v) is 2.82. The Kier molecular flexibility index (Phi) is 4.66. The maximum atomic E-state index is 9.79. The van der Waals surface area contributed by atoms with Gasteiger partial charge in [0.25, 0.3) is 0 Å². The first-order chi connectivity index (χ1) is 6.29. The van der Waals surface area contributed by atoms with Gasteiger partial charge in [0.15, 0.2) is 0 Å². The van der Waals surface area contributed by atoms with E-state index in [1.165, 1.54) is 0 Å². The van der Waals surface area contributed by atoms with Crippen molar-refractivity contribution in [2.45, 2.75) is 18.9 Å². The van der Waals surface area contributed by atoms with Crippen molar-refractivity contribution in [1.29, 1.82) is 0 Å². The summed E-state index contributed by atoms with van der Waals surface area (Å²) in [6.45, 7) is 1.57. The molecule has 13 heavy (non-hydrogen) atoms. The molecule has 1 atom stereocenters. The van der Waals surface area contributed by atoms with Crippen LogP contribution in [0.15, 0.2) is 0 Å². The van der Waals surface area contributed by atoms with E-state index in [0.29, 0.717) is 0 Å². The molecule has 0 aromatic heterocycles. The van der Waals surface area contributed by atoms with Crippen molar-refractivity contribution in [3.8, 4) is 0 Å². The first-order valence-electron chi connectivity index (χ1n) is 4.90. The lowest BCUT2D eigenvalue weighted by molar-refractivity contribution is -0.0119. The van der Waals surface area contributed by atoms with Crippen molar-refractivity contribution >= 4 is 0 Å². The first-order valence-corrected chi connectivity index (χ1v) is 4.90. The second-order valence-corrected chi connectivity index (χ2v) is 3.70. The number of aliphatic hydroxyl groups is 3. The predicted octanol–water partition coefficient (Wildman–Crippen LogP) is -1.05.